The van der Waals surface area contributed by atoms with Crippen molar-refractivity contribution in [3.63, 3.8) is 0 Å². The number of halogens is 2. The van der Waals surface area contributed by atoms with Crippen molar-refractivity contribution in [2.24, 2.45) is 12.0 Å². The molecule has 2 aromatic rings. The van der Waals surface area contributed by atoms with Crippen molar-refractivity contribution in [1.29, 1.82) is 0 Å². The molecule has 1 aromatic carbocycles. The van der Waals surface area contributed by atoms with E-state index in [9.17, 15) is 4.39 Å². The minimum atomic E-state index is -0.397. The van der Waals surface area contributed by atoms with Crippen LogP contribution in [0.15, 0.2) is 35.8 Å². The summed E-state index contributed by atoms with van der Waals surface area (Å²) in [4.78, 5) is 4.53. The number of ether oxygens (including phenoxy) is 1. The molecule has 0 saturated heterocycles. The largest absolute Gasteiger partial charge is 0.494 e. The third kappa shape index (κ3) is 6.19. The molecule has 0 aliphatic carbocycles. The number of benzene rings is 1. The van der Waals surface area contributed by atoms with Crippen LogP contribution >= 0.6 is 24.0 Å². The number of rotatable bonds is 7. The van der Waals surface area contributed by atoms with E-state index < -0.39 is 5.82 Å². The van der Waals surface area contributed by atoms with Crippen molar-refractivity contribution in [3.05, 3.63) is 53.9 Å². The average molecular weight is 488 g/mol. The number of guanidine groups is 1. The zero-order chi connectivity index (χ0) is 19.1. The highest BCUT2D eigenvalue weighted by molar-refractivity contribution is 14.0. The molecule has 1 unspecified atom stereocenters. The van der Waals surface area contributed by atoms with Gasteiger partial charge in [-0.2, -0.15) is 0 Å². The van der Waals surface area contributed by atoms with Gasteiger partial charge in [-0.15, -0.1) is 40.8 Å². The number of methoxy groups -OCH3 is 1. The van der Waals surface area contributed by atoms with Crippen molar-refractivity contribution in [2.45, 2.75) is 26.4 Å². The van der Waals surface area contributed by atoms with Gasteiger partial charge in [0.2, 0.25) is 0 Å². The number of nitrogens with one attached hydrogen (secondary N) is 2. The highest BCUT2D eigenvalue weighted by Gasteiger charge is 2.12. The summed E-state index contributed by atoms with van der Waals surface area (Å²) < 4.78 is 20.8. The molecule has 2 rings (SSSR count). The fraction of sp³-hybridized carbons (Fsp3) is 0.389. The van der Waals surface area contributed by atoms with Gasteiger partial charge < -0.3 is 19.9 Å². The SMILES string of the molecule is C=CCNC(=NCc1nnc(C)n1C)NC(C)c1ccc(OC)c(F)c1.I. The second-order valence-electron chi connectivity index (χ2n) is 5.82. The van der Waals surface area contributed by atoms with Crippen molar-refractivity contribution in [1.82, 2.24) is 25.4 Å². The van der Waals surface area contributed by atoms with E-state index in [1.165, 1.54) is 13.2 Å². The smallest absolute Gasteiger partial charge is 0.192 e. The highest BCUT2D eigenvalue weighted by atomic mass is 127. The standard InChI is InChI=1S/C18H25FN6O.HI/c1-6-9-20-18(21-11-17-24-23-13(3)25(17)4)22-12(2)14-7-8-16(26-5)15(19)10-14;/h6-8,10,12H,1,9,11H2,2-5H3,(H2,20,21,22);1H. The Balaban J connectivity index is 0.00000364. The molecule has 1 aromatic heterocycles. The maximum atomic E-state index is 13.9. The molecule has 2 N–H and O–H groups in total. The Bertz CT molecular complexity index is 792. The van der Waals surface area contributed by atoms with Crippen LogP contribution in [0.5, 0.6) is 5.75 Å². The Morgan fingerprint density at radius 3 is 2.74 bits per heavy atom. The molecular formula is C18H26FIN6O. The molecule has 0 saturated carbocycles. The molecule has 7 nitrogen and oxygen atoms in total. The van der Waals surface area contributed by atoms with Crippen LogP contribution in [0.2, 0.25) is 0 Å². The van der Waals surface area contributed by atoms with Gasteiger partial charge in [-0.1, -0.05) is 12.1 Å². The predicted octanol–water partition coefficient (Wildman–Crippen LogP) is 2.87. The average Bonchev–Trinajstić information content (AvgIpc) is 2.95. The van der Waals surface area contributed by atoms with E-state index in [2.05, 4.69) is 32.4 Å². The van der Waals surface area contributed by atoms with Crippen LogP contribution in [0.4, 0.5) is 4.39 Å². The zero-order valence-corrected chi connectivity index (χ0v) is 18.3. The van der Waals surface area contributed by atoms with Crippen LogP contribution in [0.1, 0.15) is 30.2 Å². The Morgan fingerprint density at radius 2 is 2.19 bits per heavy atom. The van der Waals surface area contributed by atoms with Crippen molar-refractivity contribution in [3.8, 4) is 5.75 Å². The van der Waals surface area contributed by atoms with Gasteiger partial charge in [-0.3, -0.25) is 0 Å². The maximum Gasteiger partial charge on any atom is 0.192 e. The van der Waals surface area contributed by atoms with Gasteiger partial charge in [-0.25, -0.2) is 9.38 Å². The first-order valence-electron chi connectivity index (χ1n) is 8.30. The summed E-state index contributed by atoms with van der Waals surface area (Å²) in [6, 6.07) is 4.72. The second kappa shape index (κ2) is 10.9. The van der Waals surface area contributed by atoms with Crippen LogP contribution in [0.25, 0.3) is 0 Å². The lowest BCUT2D eigenvalue weighted by Crippen LogP contribution is -2.39. The summed E-state index contributed by atoms with van der Waals surface area (Å²) in [7, 11) is 3.34. The van der Waals surface area contributed by atoms with Crippen LogP contribution < -0.4 is 15.4 Å². The Kier molecular flexibility index (Phi) is 9.19. The van der Waals surface area contributed by atoms with Crippen molar-refractivity contribution in [2.75, 3.05) is 13.7 Å². The predicted molar refractivity (Wildman–Crippen MR) is 115 cm³/mol. The van der Waals surface area contributed by atoms with Gasteiger partial charge in [0.25, 0.3) is 0 Å². The van der Waals surface area contributed by atoms with E-state index in [-0.39, 0.29) is 35.8 Å². The Labute approximate surface area is 176 Å². The molecule has 0 spiro atoms. The molecule has 9 heteroatoms. The lowest BCUT2D eigenvalue weighted by Gasteiger charge is -2.18. The summed E-state index contributed by atoms with van der Waals surface area (Å²) in [5.74, 6) is 1.98. The number of aromatic nitrogens is 3. The monoisotopic (exact) mass is 488 g/mol. The summed E-state index contributed by atoms with van der Waals surface area (Å²) >= 11 is 0. The molecule has 0 fully saturated rings. The van der Waals surface area contributed by atoms with Crippen molar-refractivity contribution >= 4 is 29.9 Å². The van der Waals surface area contributed by atoms with E-state index in [4.69, 9.17) is 4.74 Å². The summed E-state index contributed by atoms with van der Waals surface area (Å²) in [6.07, 6.45) is 1.74. The molecule has 0 aliphatic heterocycles. The van der Waals surface area contributed by atoms with E-state index in [0.29, 0.717) is 19.0 Å². The molecule has 0 aliphatic rings. The molecule has 1 atom stereocenters. The molecule has 0 radical (unpaired) electrons. The lowest BCUT2D eigenvalue weighted by atomic mass is 10.1. The number of aliphatic imine (C=N–C) groups is 1. The minimum absolute atomic E-state index is 0. The summed E-state index contributed by atoms with van der Waals surface area (Å²) in [5.41, 5.74) is 0.783. The third-order valence-electron chi connectivity index (χ3n) is 4.00. The fourth-order valence-corrected chi connectivity index (χ4v) is 2.30. The first-order chi connectivity index (χ1) is 12.5. The van der Waals surface area contributed by atoms with E-state index in [1.807, 2.05) is 31.5 Å². The molecule has 0 bridgehead atoms. The summed E-state index contributed by atoms with van der Waals surface area (Å²) in [6.45, 7) is 8.43. The van der Waals surface area contributed by atoms with E-state index in [0.717, 1.165) is 17.2 Å². The number of hydrogen-bond acceptors (Lipinski definition) is 4. The maximum absolute atomic E-state index is 13.9. The quantitative estimate of drug-likeness (QED) is 0.272. The number of hydrogen-bond donors (Lipinski definition) is 2. The van der Waals surface area contributed by atoms with Crippen LogP contribution in [-0.4, -0.2) is 34.4 Å². The van der Waals surface area contributed by atoms with Gasteiger partial charge in [0.05, 0.1) is 13.2 Å². The Morgan fingerprint density at radius 1 is 1.44 bits per heavy atom. The normalized spacial score (nSPS) is 12.1. The lowest BCUT2D eigenvalue weighted by molar-refractivity contribution is 0.386. The van der Waals surface area contributed by atoms with E-state index in [1.54, 1.807) is 12.1 Å². The van der Waals surface area contributed by atoms with Crippen LogP contribution in [-0.2, 0) is 13.6 Å². The topological polar surface area (TPSA) is 76.4 Å². The molecule has 0 amide bonds. The minimum Gasteiger partial charge on any atom is -0.494 e. The van der Waals surface area contributed by atoms with Crippen LogP contribution in [0, 0.1) is 12.7 Å². The molecule has 27 heavy (non-hydrogen) atoms. The van der Waals surface area contributed by atoms with Gasteiger partial charge in [0, 0.05) is 13.6 Å². The molecular weight excluding hydrogens is 462 g/mol. The molecule has 1 heterocycles. The summed E-state index contributed by atoms with van der Waals surface area (Å²) in [5, 5.41) is 14.5. The van der Waals surface area contributed by atoms with Gasteiger partial charge in [0.1, 0.15) is 12.4 Å². The van der Waals surface area contributed by atoms with Crippen molar-refractivity contribution < 1.29 is 9.13 Å². The first-order valence-corrected chi connectivity index (χ1v) is 8.30. The zero-order valence-electron chi connectivity index (χ0n) is 16.0. The van der Waals surface area contributed by atoms with Gasteiger partial charge in [-0.05, 0) is 31.5 Å². The Hall–Kier alpha value is -2.17. The third-order valence-corrected chi connectivity index (χ3v) is 4.00. The molecule has 148 valence electrons. The second-order valence-corrected chi connectivity index (χ2v) is 5.82. The van der Waals surface area contributed by atoms with Gasteiger partial charge >= 0.3 is 0 Å². The van der Waals surface area contributed by atoms with E-state index >= 15 is 0 Å². The number of nitrogens with zero attached hydrogens (tertiary/aromatic N) is 4. The van der Waals surface area contributed by atoms with Crippen LogP contribution in [0.3, 0.4) is 0 Å². The highest BCUT2D eigenvalue weighted by Crippen LogP contribution is 2.21. The number of aryl methyl sites for hydroxylation is 1. The first kappa shape index (κ1) is 22.9. The fourth-order valence-electron chi connectivity index (χ4n) is 2.30. The van der Waals surface area contributed by atoms with Gasteiger partial charge in [0.15, 0.2) is 23.4 Å².